The van der Waals surface area contributed by atoms with Crippen LogP contribution in [0.2, 0.25) is 0 Å². The predicted molar refractivity (Wildman–Crippen MR) is 107 cm³/mol. The third kappa shape index (κ3) is 3.77. The van der Waals surface area contributed by atoms with E-state index in [2.05, 4.69) is 10.6 Å². The number of nitro benzene ring substituents is 2. The lowest BCUT2D eigenvalue weighted by Gasteiger charge is -2.39. The number of hydrogen-bond acceptors (Lipinski definition) is 9. The minimum Gasteiger partial charge on any atom is -0.466 e. The number of nitro groups is 2. The molecule has 1 N–H and O–H groups in total. The number of methoxy groups -OCH3 is 1. The van der Waals surface area contributed by atoms with Gasteiger partial charge in [0.25, 0.3) is 11.4 Å². The van der Waals surface area contributed by atoms with Gasteiger partial charge in [-0.3, -0.25) is 20.2 Å². The van der Waals surface area contributed by atoms with Gasteiger partial charge >= 0.3 is 5.97 Å². The van der Waals surface area contributed by atoms with E-state index < -0.39 is 28.0 Å². The predicted octanol–water partition coefficient (Wildman–Crippen LogP) is 3.28. The van der Waals surface area contributed by atoms with Gasteiger partial charge in [0.1, 0.15) is 6.04 Å². The first-order valence-electron chi connectivity index (χ1n) is 8.95. The number of benzene rings is 2. The molecule has 12 heteroatoms. The number of nitrogens with one attached hydrogen (secondary N) is 1. The van der Waals surface area contributed by atoms with E-state index in [-0.39, 0.29) is 33.8 Å². The molecule has 1 heterocycles. The van der Waals surface area contributed by atoms with Crippen LogP contribution in [0.1, 0.15) is 30.3 Å². The van der Waals surface area contributed by atoms with E-state index in [0.717, 1.165) is 12.1 Å². The van der Waals surface area contributed by atoms with Crippen LogP contribution in [-0.4, -0.2) is 27.9 Å². The highest BCUT2D eigenvalue weighted by Crippen LogP contribution is 2.44. The number of nitroso groups, excluding NO2 is 1. The smallest absolute Gasteiger partial charge is 0.338 e. The average Bonchev–Trinajstić information content (AvgIpc) is 2.77. The van der Waals surface area contributed by atoms with E-state index in [1.54, 1.807) is 6.07 Å². The van der Waals surface area contributed by atoms with Gasteiger partial charge < -0.3 is 10.1 Å². The van der Waals surface area contributed by atoms with Gasteiger partial charge in [0.05, 0.1) is 38.9 Å². The summed E-state index contributed by atoms with van der Waals surface area (Å²) in [5.41, 5.74) is -0.372. The zero-order valence-corrected chi connectivity index (χ0v) is 16.4. The number of nitrogens with zero attached hydrogens (tertiary/aromatic N) is 4. The summed E-state index contributed by atoms with van der Waals surface area (Å²) in [6.07, 6.45) is -1.17. The Labute approximate surface area is 175 Å². The summed E-state index contributed by atoms with van der Waals surface area (Å²) in [4.78, 5) is 46.4. The van der Waals surface area contributed by atoms with Gasteiger partial charge in [0.2, 0.25) is 0 Å². The first-order valence-corrected chi connectivity index (χ1v) is 8.95. The third-order valence-electron chi connectivity index (χ3n) is 4.92. The second-order valence-electron chi connectivity index (χ2n) is 6.57. The molecule has 0 radical (unpaired) electrons. The minimum atomic E-state index is -1.32. The summed E-state index contributed by atoms with van der Waals surface area (Å²) in [7, 11) is 1.13. The van der Waals surface area contributed by atoms with Crippen LogP contribution in [0.4, 0.5) is 11.4 Å². The van der Waals surface area contributed by atoms with Crippen molar-refractivity contribution < 1.29 is 19.4 Å². The number of carbonyl (C=O) groups excluding carboxylic acids is 1. The summed E-state index contributed by atoms with van der Waals surface area (Å²) >= 11 is 0. The van der Waals surface area contributed by atoms with Gasteiger partial charge in [-0.2, -0.15) is 0 Å². The average molecular weight is 427 g/mol. The van der Waals surface area contributed by atoms with Crippen molar-refractivity contribution in [1.82, 2.24) is 10.3 Å². The maximum absolute atomic E-state index is 12.6. The topological polar surface area (TPSA) is 157 Å². The molecular weight excluding hydrogens is 410 g/mol. The molecule has 31 heavy (non-hydrogen) atoms. The van der Waals surface area contributed by atoms with Gasteiger partial charge in [0, 0.05) is 17.8 Å². The zero-order chi connectivity index (χ0) is 22.7. The molecule has 0 aliphatic carbocycles. The zero-order valence-electron chi connectivity index (χ0n) is 16.4. The van der Waals surface area contributed by atoms with Crippen molar-refractivity contribution in [2.24, 2.45) is 5.29 Å². The van der Waals surface area contributed by atoms with Crippen molar-refractivity contribution in [3.05, 3.63) is 96.1 Å². The van der Waals surface area contributed by atoms with E-state index in [1.807, 2.05) is 0 Å². The van der Waals surface area contributed by atoms with Crippen LogP contribution < -0.4 is 5.32 Å². The molecule has 2 atom stereocenters. The monoisotopic (exact) mass is 427 g/mol. The fraction of sp³-hybridized carbons (Fsp3) is 0.211. The van der Waals surface area contributed by atoms with E-state index in [9.17, 15) is 29.9 Å². The number of carbonyl (C=O) groups is 1. The fourth-order valence-corrected chi connectivity index (χ4v) is 3.59. The molecule has 1 aliphatic rings. The van der Waals surface area contributed by atoms with Crippen LogP contribution >= 0.6 is 0 Å². The molecule has 0 saturated heterocycles. The molecule has 0 unspecified atom stereocenters. The standard InChI is InChI=1S/C19H17N5O7/c1-11-16(19(25)31-2)17(12-7-3-5-9-14(12)23(27)28)22(21-26)18(20-11)13-8-4-6-10-15(13)24(29)30/h3-10,17-18,20H,1-2H3/t17-,18+/m0/s1. The van der Waals surface area contributed by atoms with Crippen LogP contribution in [0.25, 0.3) is 0 Å². The Balaban J connectivity index is 2.30. The molecule has 2 aromatic rings. The normalized spacial score (nSPS) is 18.2. The highest BCUT2D eigenvalue weighted by Gasteiger charge is 2.44. The number of rotatable bonds is 6. The second kappa shape index (κ2) is 8.57. The highest BCUT2D eigenvalue weighted by atomic mass is 16.6. The molecule has 0 bridgehead atoms. The molecule has 0 saturated carbocycles. The number of para-hydroxylation sites is 2. The highest BCUT2D eigenvalue weighted by molar-refractivity contribution is 5.91. The van der Waals surface area contributed by atoms with Crippen molar-refractivity contribution in [3.63, 3.8) is 0 Å². The Morgan fingerprint density at radius 1 is 1.03 bits per heavy atom. The summed E-state index contributed by atoms with van der Waals surface area (Å²) in [6, 6.07) is 9.94. The quantitative estimate of drug-likeness (QED) is 0.316. The number of ether oxygens (including phenoxy) is 1. The van der Waals surface area contributed by atoms with Crippen molar-refractivity contribution in [1.29, 1.82) is 0 Å². The molecule has 3 rings (SSSR count). The van der Waals surface area contributed by atoms with Gasteiger partial charge in [0.15, 0.2) is 6.17 Å². The first kappa shape index (κ1) is 21.4. The van der Waals surface area contributed by atoms with Gasteiger partial charge in [-0.25, -0.2) is 9.80 Å². The Morgan fingerprint density at radius 2 is 1.55 bits per heavy atom. The lowest BCUT2D eigenvalue weighted by atomic mass is 9.91. The third-order valence-corrected chi connectivity index (χ3v) is 4.92. The maximum Gasteiger partial charge on any atom is 0.338 e. The Hall–Kier alpha value is -4.35. The van der Waals surface area contributed by atoms with Crippen LogP contribution in [0.5, 0.6) is 0 Å². The fourth-order valence-electron chi connectivity index (χ4n) is 3.59. The van der Waals surface area contributed by atoms with Crippen LogP contribution in [0, 0.1) is 25.1 Å². The van der Waals surface area contributed by atoms with Gasteiger partial charge in [-0.1, -0.05) is 24.3 Å². The van der Waals surface area contributed by atoms with Crippen molar-refractivity contribution in [3.8, 4) is 0 Å². The minimum absolute atomic E-state index is 0.0111. The maximum atomic E-state index is 12.6. The van der Waals surface area contributed by atoms with Gasteiger partial charge in [-0.15, -0.1) is 4.91 Å². The lowest BCUT2D eigenvalue weighted by Crippen LogP contribution is -2.44. The molecule has 2 aromatic carbocycles. The number of hydrogen-bond donors (Lipinski definition) is 1. The van der Waals surface area contributed by atoms with Crippen LogP contribution in [-0.2, 0) is 9.53 Å². The Morgan fingerprint density at radius 3 is 2.06 bits per heavy atom. The molecule has 12 nitrogen and oxygen atoms in total. The van der Waals surface area contributed by atoms with Crippen molar-refractivity contribution in [2.45, 2.75) is 19.1 Å². The van der Waals surface area contributed by atoms with Crippen LogP contribution in [0.3, 0.4) is 0 Å². The molecule has 160 valence electrons. The Bertz CT molecular complexity index is 1100. The summed E-state index contributed by atoms with van der Waals surface area (Å²) in [5, 5.41) is 29.9. The SMILES string of the molecule is COC(=O)C1=C(C)N[C@@H](c2ccccc2[N+](=O)[O-])N(N=O)[C@H]1c1ccccc1[N+](=O)[O-]. The molecular formula is C19H17N5O7. The molecule has 0 aromatic heterocycles. The van der Waals surface area contributed by atoms with Crippen molar-refractivity contribution in [2.75, 3.05) is 7.11 Å². The van der Waals surface area contributed by atoms with Gasteiger partial charge in [-0.05, 0) is 19.1 Å². The van der Waals surface area contributed by atoms with Crippen molar-refractivity contribution >= 4 is 17.3 Å². The second-order valence-corrected chi connectivity index (χ2v) is 6.57. The summed E-state index contributed by atoms with van der Waals surface area (Å²) < 4.78 is 4.82. The molecule has 0 fully saturated rings. The lowest BCUT2D eigenvalue weighted by molar-refractivity contribution is -0.386. The van der Waals surface area contributed by atoms with E-state index in [4.69, 9.17) is 4.74 Å². The van der Waals surface area contributed by atoms with Crippen LogP contribution in [0.15, 0.2) is 65.1 Å². The Kier molecular flexibility index (Phi) is 5.90. The summed E-state index contributed by atoms with van der Waals surface area (Å²) in [5.74, 6) is -0.831. The molecule has 1 aliphatic heterocycles. The largest absolute Gasteiger partial charge is 0.466 e. The first-order chi connectivity index (χ1) is 14.8. The van der Waals surface area contributed by atoms with E-state index in [0.29, 0.717) is 0 Å². The number of allylic oxidation sites excluding steroid dienone is 1. The van der Waals surface area contributed by atoms with E-state index >= 15 is 0 Å². The van der Waals surface area contributed by atoms with E-state index in [1.165, 1.54) is 49.4 Å². The molecule has 0 spiro atoms. The molecule has 0 amide bonds. The summed E-state index contributed by atoms with van der Waals surface area (Å²) in [6.45, 7) is 1.51. The number of esters is 1.